The molecule has 1 rings (SSSR count). The fourth-order valence-electron chi connectivity index (χ4n) is 1.18. The lowest BCUT2D eigenvalue weighted by molar-refractivity contribution is 0.000793. The first-order chi connectivity index (χ1) is 4.74. The lowest BCUT2D eigenvalue weighted by Crippen LogP contribution is -2.28. The Balaban J connectivity index is 2.19. The summed E-state index contributed by atoms with van der Waals surface area (Å²) in [5.41, 5.74) is 5.54. The predicted molar refractivity (Wildman–Crippen MR) is 41.8 cm³/mol. The van der Waals surface area contributed by atoms with E-state index in [2.05, 4.69) is 13.8 Å². The van der Waals surface area contributed by atoms with E-state index in [1.807, 2.05) is 0 Å². The summed E-state index contributed by atoms with van der Waals surface area (Å²) in [5, 5.41) is 0. The third kappa shape index (κ3) is 2.27. The fraction of sp³-hybridized carbons (Fsp3) is 1.00. The Bertz CT molecular complexity index is 99.4. The minimum absolute atomic E-state index is 0.328. The number of nitrogens with two attached hydrogens (primary N) is 1. The van der Waals surface area contributed by atoms with E-state index >= 15 is 0 Å². The zero-order chi connectivity index (χ0) is 7.56. The second-order valence-electron chi connectivity index (χ2n) is 3.30. The summed E-state index contributed by atoms with van der Waals surface area (Å²) in [5.74, 6) is 0.771. The van der Waals surface area contributed by atoms with Crippen molar-refractivity contribution in [3.05, 3.63) is 0 Å². The van der Waals surface area contributed by atoms with Crippen LogP contribution in [-0.4, -0.2) is 18.8 Å². The molecule has 0 radical (unpaired) electrons. The van der Waals surface area contributed by atoms with Crippen LogP contribution in [0.2, 0.25) is 0 Å². The molecule has 10 heavy (non-hydrogen) atoms. The average Bonchev–Trinajstić information content (AvgIpc) is 2.63. The van der Waals surface area contributed by atoms with Crippen LogP contribution in [-0.2, 0) is 4.74 Å². The summed E-state index contributed by atoms with van der Waals surface area (Å²) in [7, 11) is 0. The molecule has 0 bridgehead atoms. The number of ether oxygens (including phenoxy) is 1. The van der Waals surface area contributed by atoms with Crippen molar-refractivity contribution in [1.29, 1.82) is 0 Å². The summed E-state index contributed by atoms with van der Waals surface area (Å²) in [4.78, 5) is 0. The van der Waals surface area contributed by atoms with Gasteiger partial charge >= 0.3 is 0 Å². The van der Waals surface area contributed by atoms with Gasteiger partial charge in [-0.2, -0.15) is 0 Å². The second kappa shape index (κ2) is 3.35. The van der Waals surface area contributed by atoms with Crippen LogP contribution >= 0.6 is 0 Å². The molecule has 0 amide bonds. The van der Waals surface area contributed by atoms with E-state index in [-0.39, 0.29) is 0 Å². The molecule has 0 aromatic carbocycles. The first-order valence-electron chi connectivity index (χ1n) is 4.09. The molecule has 1 saturated carbocycles. The van der Waals surface area contributed by atoms with E-state index in [1.54, 1.807) is 0 Å². The maximum Gasteiger partial charge on any atom is 0.0728 e. The van der Waals surface area contributed by atoms with Crippen molar-refractivity contribution in [3.63, 3.8) is 0 Å². The van der Waals surface area contributed by atoms with Gasteiger partial charge in [0.1, 0.15) is 0 Å². The lowest BCUT2D eigenvalue weighted by atomic mass is 10.2. The molecule has 0 aromatic rings. The molecule has 1 atom stereocenters. The van der Waals surface area contributed by atoms with Gasteiger partial charge in [0.15, 0.2) is 0 Å². The summed E-state index contributed by atoms with van der Waals surface area (Å²) < 4.78 is 5.60. The largest absolute Gasteiger partial charge is 0.374 e. The molecule has 0 saturated heterocycles. The third-order valence-electron chi connectivity index (χ3n) is 1.83. The first-order valence-corrected chi connectivity index (χ1v) is 4.09. The lowest BCUT2D eigenvalue weighted by Gasteiger charge is -2.17. The quantitative estimate of drug-likeness (QED) is 0.640. The van der Waals surface area contributed by atoms with Crippen LogP contribution in [0.15, 0.2) is 0 Å². The van der Waals surface area contributed by atoms with E-state index in [0.29, 0.717) is 18.8 Å². The normalized spacial score (nSPS) is 21.6. The van der Waals surface area contributed by atoms with Gasteiger partial charge in [0.05, 0.1) is 12.2 Å². The Kier molecular flexibility index (Phi) is 2.69. The minimum atomic E-state index is 0.328. The highest BCUT2D eigenvalue weighted by Gasteiger charge is 2.31. The van der Waals surface area contributed by atoms with E-state index in [4.69, 9.17) is 10.5 Å². The Hall–Kier alpha value is -0.0800. The zero-order valence-electron chi connectivity index (χ0n) is 6.84. The van der Waals surface area contributed by atoms with Crippen LogP contribution in [0.4, 0.5) is 0 Å². The van der Waals surface area contributed by atoms with Gasteiger partial charge in [0.25, 0.3) is 0 Å². The summed E-state index contributed by atoms with van der Waals surface area (Å²) >= 11 is 0. The van der Waals surface area contributed by atoms with Gasteiger partial charge in [-0.1, -0.05) is 0 Å². The average molecular weight is 143 g/mol. The van der Waals surface area contributed by atoms with Crippen LogP contribution in [0.25, 0.3) is 0 Å². The summed E-state index contributed by atoms with van der Waals surface area (Å²) in [6.45, 7) is 4.80. The van der Waals surface area contributed by atoms with E-state index < -0.39 is 0 Å². The van der Waals surface area contributed by atoms with Crippen molar-refractivity contribution < 1.29 is 4.74 Å². The topological polar surface area (TPSA) is 35.2 Å². The highest BCUT2D eigenvalue weighted by Crippen LogP contribution is 2.34. The van der Waals surface area contributed by atoms with Crippen molar-refractivity contribution in [2.24, 2.45) is 11.7 Å². The van der Waals surface area contributed by atoms with Crippen molar-refractivity contribution in [3.8, 4) is 0 Å². The maximum absolute atomic E-state index is 5.60. The number of hydrogen-bond acceptors (Lipinski definition) is 2. The van der Waals surface area contributed by atoms with Gasteiger partial charge in [-0.15, -0.1) is 0 Å². The molecule has 60 valence electrons. The van der Waals surface area contributed by atoms with E-state index in [0.717, 1.165) is 5.92 Å². The Morgan fingerprint density at radius 1 is 1.50 bits per heavy atom. The summed E-state index contributed by atoms with van der Waals surface area (Å²) in [6.07, 6.45) is 3.29. The van der Waals surface area contributed by atoms with Crippen molar-refractivity contribution in [2.75, 3.05) is 6.54 Å². The standard InChI is InChI=1S/C8H17NO/c1-6(2)10-8(5-9)7-3-4-7/h6-8H,3-5,9H2,1-2H3. The summed E-state index contributed by atoms with van der Waals surface area (Å²) in [6, 6.07) is 0. The van der Waals surface area contributed by atoms with Gasteiger partial charge in [-0.3, -0.25) is 0 Å². The Morgan fingerprint density at radius 2 is 2.10 bits per heavy atom. The van der Waals surface area contributed by atoms with Crippen LogP contribution < -0.4 is 5.73 Å². The molecule has 1 aliphatic carbocycles. The van der Waals surface area contributed by atoms with Gasteiger partial charge in [0.2, 0.25) is 0 Å². The highest BCUT2D eigenvalue weighted by molar-refractivity contribution is 4.82. The maximum atomic E-state index is 5.60. The van der Waals surface area contributed by atoms with Crippen LogP contribution in [0.5, 0.6) is 0 Å². The predicted octanol–water partition coefficient (Wildman–Crippen LogP) is 1.15. The molecule has 2 N–H and O–H groups in total. The minimum Gasteiger partial charge on any atom is -0.374 e. The van der Waals surface area contributed by atoms with E-state index in [1.165, 1.54) is 12.8 Å². The monoisotopic (exact) mass is 143 g/mol. The molecule has 1 fully saturated rings. The Labute approximate surface area is 62.7 Å². The SMILES string of the molecule is CC(C)OC(CN)C1CC1. The molecule has 2 heteroatoms. The molecule has 0 aromatic heterocycles. The second-order valence-corrected chi connectivity index (χ2v) is 3.30. The van der Waals surface area contributed by atoms with Crippen LogP contribution in [0.1, 0.15) is 26.7 Å². The third-order valence-corrected chi connectivity index (χ3v) is 1.83. The number of rotatable bonds is 4. The van der Waals surface area contributed by atoms with Gasteiger partial charge in [-0.05, 0) is 32.6 Å². The van der Waals surface area contributed by atoms with Crippen LogP contribution in [0, 0.1) is 5.92 Å². The zero-order valence-corrected chi connectivity index (χ0v) is 6.84. The molecule has 1 aliphatic rings. The van der Waals surface area contributed by atoms with Crippen molar-refractivity contribution >= 4 is 0 Å². The van der Waals surface area contributed by atoms with Crippen LogP contribution in [0.3, 0.4) is 0 Å². The van der Waals surface area contributed by atoms with Gasteiger partial charge in [0, 0.05) is 6.54 Å². The molecule has 0 spiro atoms. The molecule has 0 heterocycles. The molecular weight excluding hydrogens is 126 g/mol. The molecular formula is C8H17NO. The molecule has 1 unspecified atom stereocenters. The fourth-order valence-corrected chi connectivity index (χ4v) is 1.18. The van der Waals surface area contributed by atoms with Crippen molar-refractivity contribution in [2.45, 2.75) is 38.9 Å². The molecule has 2 nitrogen and oxygen atoms in total. The number of hydrogen-bond donors (Lipinski definition) is 1. The van der Waals surface area contributed by atoms with E-state index in [9.17, 15) is 0 Å². The first kappa shape index (κ1) is 8.02. The van der Waals surface area contributed by atoms with Gasteiger partial charge in [-0.25, -0.2) is 0 Å². The van der Waals surface area contributed by atoms with Gasteiger partial charge < -0.3 is 10.5 Å². The smallest absolute Gasteiger partial charge is 0.0728 e. The Morgan fingerprint density at radius 3 is 2.40 bits per heavy atom. The molecule has 0 aliphatic heterocycles. The highest BCUT2D eigenvalue weighted by atomic mass is 16.5. The van der Waals surface area contributed by atoms with Crippen molar-refractivity contribution in [1.82, 2.24) is 0 Å².